The molecule has 0 radical (unpaired) electrons. The van der Waals surface area contributed by atoms with Crippen molar-refractivity contribution in [3.8, 4) is 5.75 Å². The molecule has 4 heterocycles. The van der Waals surface area contributed by atoms with Gasteiger partial charge < -0.3 is 19.2 Å². The molecule has 1 saturated heterocycles. The molecule has 1 fully saturated rings. The Bertz CT molecular complexity index is 1120. The predicted octanol–water partition coefficient (Wildman–Crippen LogP) is 4.54. The third-order valence-electron chi connectivity index (χ3n) is 5.53. The fourth-order valence-electron chi connectivity index (χ4n) is 3.72. The van der Waals surface area contributed by atoms with Crippen molar-refractivity contribution < 1.29 is 27.4 Å². The maximum Gasteiger partial charge on any atom is 0.433 e. The number of nitrogens with zero attached hydrogens (tertiary/aromatic N) is 3. The van der Waals surface area contributed by atoms with E-state index in [1.165, 1.54) is 6.07 Å². The second-order valence-electron chi connectivity index (χ2n) is 7.69. The first-order chi connectivity index (χ1) is 15.3. The minimum absolute atomic E-state index is 0.195. The summed E-state index contributed by atoms with van der Waals surface area (Å²) in [5.41, 5.74) is 0.373. The summed E-state index contributed by atoms with van der Waals surface area (Å²) in [6, 6.07) is 4.88. The van der Waals surface area contributed by atoms with Crippen LogP contribution in [0.4, 0.5) is 18.9 Å². The average Bonchev–Trinajstić information content (AvgIpc) is 3.43. The number of amides is 1. The van der Waals surface area contributed by atoms with Crippen LogP contribution in [0.25, 0.3) is 5.65 Å². The molecule has 10 heteroatoms. The molecule has 1 aliphatic rings. The highest BCUT2D eigenvalue weighted by molar-refractivity contribution is 6.03. The summed E-state index contributed by atoms with van der Waals surface area (Å²) in [6.07, 6.45) is -0.142. The van der Waals surface area contributed by atoms with E-state index in [1.54, 1.807) is 23.6 Å². The lowest BCUT2D eigenvalue weighted by Gasteiger charge is -2.14. The van der Waals surface area contributed by atoms with Gasteiger partial charge in [-0.2, -0.15) is 13.2 Å². The number of pyridine rings is 2. The molecule has 4 rings (SSSR count). The lowest BCUT2D eigenvalue weighted by Crippen LogP contribution is -2.17. The number of hydrogen-bond acceptors (Lipinski definition) is 5. The summed E-state index contributed by atoms with van der Waals surface area (Å²) in [4.78, 5) is 20.8. The van der Waals surface area contributed by atoms with Crippen molar-refractivity contribution in [2.75, 3.05) is 25.1 Å². The van der Waals surface area contributed by atoms with Gasteiger partial charge in [-0.05, 0) is 31.4 Å². The van der Waals surface area contributed by atoms with Crippen molar-refractivity contribution in [2.24, 2.45) is 5.92 Å². The number of aromatic nitrogens is 3. The van der Waals surface area contributed by atoms with E-state index in [4.69, 9.17) is 14.5 Å². The van der Waals surface area contributed by atoms with Gasteiger partial charge in [-0.3, -0.25) is 4.79 Å². The van der Waals surface area contributed by atoms with Crippen molar-refractivity contribution in [1.82, 2.24) is 14.4 Å². The third-order valence-corrected chi connectivity index (χ3v) is 5.53. The Labute approximate surface area is 182 Å². The Balaban J connectivity index is 1.63. The van der Waals surface area contributed by atoms with Crippen LogP contribution in [0.2, 0.25) is 0 Å². The Morgan fingerprint density at radius 1 is 1.34 bits per heavy atom. The quantitative estimate of drug-likeness (QED) is 0.599. The van der Waals surface area contributed by atoms with Crippen molar-refractivity contribution >= 4 is 17.2 Å². The fraction of sp³-hybridized carbons (Fsp3) is 0.409. The van der Waals surface area contributed by atoms with E-state index in [-0.39, 0.29) is 11.6 Å². The highest BCUT2D eigenvalue weighted by atomic mass is 19.4. The van der Waals surface area contributed by atoms with E-state index >= 15 is 0 Å². The van der Waals surface area contributed by atoms with E-state index in [0.29, 0.717) is 36.2 Å². The standard InChI is InChI=1S/C22H23F3N4O3/c1-3-32-18-9-20-27-16(13(2)14-7-8-31-12-14)10-29(20)11-17(18)28-21(30)15-5-4-6-19(26-15)22(23,24)25/h4-6,9-11,13-14H,3,7-8,12H2,1-2H3,(H,28,30)/t13?,14-/m0/s1. The Kier molecular flexibility index (Phi) is 6.05. The first kappa shape index (κ1) is 22.1. The maximum atomic E-state index is 12.9. The number of nitrogens with one attached hydrogen (secondary N) is 1. The highest BCUT2D eigenvalue weighted by Gasteiger charge is 2.33. The smallest absolute Gasteiger partial charge is 0.433 e. The molecule has 1 aliphatic heterocycles. The SMILES string of the molecule is CCOc1cc2nc(C(C)[C@H]3CCOC3)cn2cc1NC(=O)c1cccc(C(F)(F)F)n1. The van der Waals surface area contributed by atoms with Gasteiger partial charge in [0.15, 0.2) is 0 Å². The molecule has 3 aromatic heterocycles. The lowest BCUT2D eigenvalue weighted by atomic mass is 9.91. The van der Waals surface area contributed by atoms with Crippen molar-refractivity contribution in [1.29, 1.82) is 0 Å². The molecule has 2 atom stereocenters. The Hall–Kier alpha value is -3.14. The summed E-state index contributed by atoms with van der Waals surface area (Å²) < 4.78 is 51.7. The zero-order chi connectivity index (χ0) is 22.9. The first-order valence-electron chi connectivity index (χ1n) is 10.3. The summed E-state index contributed by atoms with van der Waals surface area (Å²) in [5.74, 6) is 0.181. The summed E-state index contributed by atoms with van der Waals surface area (Å²) in [7, 11) is 0. The zero-order valence-corrected chi connectivity index (χ0v) is 17.6. The van der Waals surface area contributed by atoms with Crippen LogP contribution in [0.1, 0.15) is 48.1 Å². The van der Waals surface area contributed by atoms with Gasteiger partial charge in [0.1, 0.15) is 28.5 Å². The molecule has 1 N–H and O–H groups in total. The monoisotopic (exact) mass is 448 g/mol. The molecule has 0 bridgehead atoms. The number of alkyl halides is 3. The summed E-state index contributed by atoms with van der Waals surface area (Å²) >= 11 is 0. The van der Waals surface area contributed by atoms with Crippen LogP contribution in [0, 0.1) is 5.92 Å². The molecular formula is C22H23F3N4O3. The maximum absolute atomic E-state index is 12.9. The van der Waals surface area contributed by atoms with Crippen molar-refractivity contribution in [2.45, 2.75) is 32.4 Å². The molecule has 0 aromatic carbocycles. The number of rotatable bonds is 6. The highest BCUT2D eigenvalue weighted by Crippen LogP contribution is 2.33. The number of halogens is 3. The van der Waals surface area contributed by atoms with Crippen LogP contribution >= 0.6 is 0 Å². The van der Waals surface area contributed by atoms with Gasteiger partial charge in [-0.15, -0.1) is 0 Å². The first-order valence-corrected chi connectivity index (χ1v) is 10.3. The topological polar surface area (TPSA) is 77.8 Å². The van der Waals surface area contributed by atoms with Crippen molar-refractivity contribution in [3.63, 3.8) is 0 Å². The molecule has 0 saturated carbocycles. The lowest BCUT2D eigenvalue weighted by molar-refractivity contribution is -0.141. The van der Waals surface area contributed by atoms with Gasteiger partial charge in [0.25, 0.3) is 5.91 Å². The van der Waals surface area contributed by atoms with Gasteiger partial charge >= 0.3 is 6.18 Å². The number of carbonyl (C=O) groups excluding carboxylic acids is 1. The average molecular weight is 448 g/mol. The van der Waals surface area contributed by atoms with Crippen molar-refractivity contribution in [3.05, 3.63) is 53.7 Å². The van der Waals surface area contributed by atoms with Gasteiger partial charge in [0.05, 0.1) is 18.9 Å². The van der Waals surface area contributed by atoms with Crippen LogP contribution in [0.3, 0.4) is 0 Å². The van der Waals surface area contributed by atoms with E-state index < -0.39 is 17.8 Å². The van der Waals surface area contributed by atoms with Crippen LogP contribution in [0.5, 0.6) is 5.75 Å². The molecule has 1 amide bonds. The number of ether oxygens (including phenoxy) is 2. The van der Waals surface area contributed by atoms with Gasteiger partial charge in [0.2, 0.25) is 0 Å². The molecule has 3 aromatic rings. The van der Waals surface area contributed by atoms with Gasteiger partial charge in [0, 0.05) is 31.0 Å². The van der Waals surface area contributed by atoms with E-state index in [1.807, 2.05) is 6.20 Å². The summed E-state index contributed by atoms with van der Waals surface area (Å²) in [5, 5.41) is 2.61. The van der Waals surface area contributed by atoms with Gasteiger partial charge in [-0.25, -0.2) is 9.97 Å². The molecule has 170 valence electrons. The minimum Gasteiger partial charge on any atom is -0.491 e. The fourth-order valence-corrected chi connectivity index (χ4v) is 3.72. The predicted molar refractivity (Wildman–Crippen MR) is 111 cm³/mol. The van der Waals surface area contributed by atoms with E-state index in [9.17, 15) is 18.0 Å². The second kappa shape index (κ2) is 8.78. The Morgan fingerprint density at radius 3 is 2.84 bits per heavy atom. The molecule has 0 spiro atoms. The number of hydrogen-bond donors (Lipinski definition) is 1. The third kappa shape index (κ3) is 4.55. The molecule has 0 aliphatic carbocycles. The minimum atomic E-state index is -4.64. The number of imidazole rings is 1. The summed E-state index contributed by atoms with van der Waals surface area (Å²) in [6.45, 7) is 5.68. The molecular weight excluding hydrogens is 425 g/mol. The van der Waals surface area contributed by atoms with Crippen LogP contribution in [-0.4, -0.2) is 40.1 Å². The van der Waals surface area contributed by atoms with Crippen LogP contribution < -0.4 is 10.1 Å². The zero-order valence-electron chi connectivity index (χ0n) is 17.6. The molecule has 1 unspecified atom stereocenters. The van der Waals surface area contributed by atoms with Crippen LogP contribution in [0.15, 0.2) is 36.7 Å². The van der Waals surface area contributed by atoms with E-state index in [2.05, 4.69) is 17.2 Å². The van der Waals surface area contributed by atoms with E-state index in [0.717, 1.165) is 30.9 Å². The number of anilines is 1. The number of carbonyl (C=O) groups is 1. The molecule has 7 nitrogen and oxygen atoms in total. The molecule has 32 heavy (non-hydrogen) atoms. The Morgan fingerprint density at radius 2 is 2.16 bits per heavy atom. The number of fused-ring (bicyclic) bond motifs is 1. The normalized spacial score (nSPS) is 17.5. The van der Waals surface area contributed by atoms with Gasteiger partial charge in [-0.1, -0.05) is 13.0 Å². The largest absolute Gasteiger partial charge is 0.491 e. The second-order valence-corrected chi connectivity index (χ2v) is 7.69. The van der Waals surface area contributed by atoms with Crippen LogP contribution in [-0.2, 0) is 10.9 Å².